The fourth-order valence-electron chi connectivity index (χ4n) is 1.37. The Morgan fingerprint density at radius 2 is 1.42 bits per heavy atom. The molecule has 0 radical (unpaired) electrons. The lowest BCUT2D eigenvalue weighted by Crippen LogP contribution is -2.21. The van der Waals surface area contributed by atoms with Crippen LogP contribution < -0.4 is 4.90 Å². The van der Waals surface area contributed by atoms with Crippen molar-refractivity contribution in [2.45, 2.75) is 13.8 Å². The summed E-state index contributed by atoms with van der Waals surface area (Å²) in [5.74, 6) is -2.51. The van der Waals surface area contributed by atoms with E-state index in [1.807, 2.05) is 6.07 Å². The molecule has 1 aromatic carbocycles. The fraction of sp³-hybridized carbons (Fsp3) is 0.286. The van der Waals surface area contributed by atoms with Gasteiger partial charge in [0.2, 0.25) is 0 Å². The molecule has 1 aromatic rings. The molecule has 5 heteroatoms. The highest BCUT2D eigenvalue weighted by atomic mass is 16.4. The number of carboxylic acids is 2. The van der Waals surface area contributed by atoms with Crippen LogP contribution in [0.15, 0.2) is 42.5 Å². The van der Waals surface area contributed by atoms with E-state index in [1.54, 1.807) is 0 Å². The summed E-state index contributed by atoms with van der Waals surface area (Å²) in [4.78, 5) is 21.4. The summed E-state index contributed by atoms with van der Waals surface area (Å²) in [6, 6.07) is 10.5. The monoisotopic (exact) mass is 265 g/mol. The van der Waals surface area contributed by atoms with Gasteiger partial charge in [0.25, 0.3) is 0 Å². The first-order valence-corrected chi connectivity index (χ1v) is 5.95. The first-order chi connectivity index (χ1) is 9.01. The highest BCUT2D eigenvalue weighted by molar-refractivity contribution is 5.89. The van der Waals surface area contributed by atoms with Crippen LogP contribution in [-0.4, -0.2) is 35.2 Å². The van der Waals surface area contributed by atoms with Gasteiger partial charge in [0, 0.05) is 30.9 Å². The molecule has 0 heterocycles. The maximum atomic E-state index is 9.55. The van der Waals surface area contributed by atoms with E-state index in [9.17, 15) is 9.59 Å². The largest absolute Gasteiger partial charge is 0.478 e. The molecule has 2 N–H and O–H groups in total. The van der Waals surface area contributed by atoms with E-state index in [1.165, 1.54) is 5.69 Å². The highest BCUT2D eigenvalue weighted by Crippen LogP contribution is 2.11. The van der Waals surface area contributed by atoms with Crippen LogP contribution in [0.25, 0.3) is 0 Å². The third-order valence-corrected chi connectivity index (χ3v) is 2.25. The second kappa shape index (κ2) is 9.70. The molecule has 0 fully saturated rings. The van der Waals surface area contributed by atoms with E-state index in [0.717, 1.165) is 13.1 Å². The van der Waals surface area contributed by atoms with Crippen molar-refractivity contribution in [2.24, 2.45) is 0 Å². The van der Waals surface area contributed by atoms with Crippen LogP contribution >= 0.6 is 0 Å². The van der Waals surface area contributed by atoms with Gasteiger partial charge in [-0.2, -0.15) is 0 Å². The van der Waals surface area contributed by atoms with Gasteiger partial charge < -0.3 is 15.1 Å². The minimum atomic E-state index is -1.26. The molecule has 0 aliphatic carbocycles. The molecule has 0 atom stereocenters. The third-order valence-electron chi connectivity index (χ3n) is 2.25. The molecule has 0 aliphatic heterocycles. The number of aliphatic carboxylic acids is 2. The second-order valence-electron chi connectivity index (χ2n) is 3.52. The zero-order chi connectivity index (χ0) is 14.7. The van der Waals surface area contributed by atoms with Crippen LogP contribution in [0.2, 0.25) is 0 Å². The number of benzene rings is 1. The molecule has 0 unspecified atom stereocenters. The molecule has 0 aliphatic rings. The molecule has 0 saturated heterocycles. The summed E-state index contributed by atoms with van der Waals surface area (Å²) >= 11 is 0. The lowest BCUT2D eigenvalue weighted by Gasteiger charge is -2.20. The number of hydrogen-bond donors (Lipinski definition) is 2. The van der Waals surface area contributed by atoms with Crippen LogP contribution in [-0.2, 0) is 9.59 Å². The van der Waals surface area contributed by atoms with Crippen molar-refractivity contribution in [1.82, 2.24) is 0 Å². The summed E-state index contributed by atoms with van der Waals surface area (Å²) in [5.41, 5.74) is 1.32. The Balaban J connectivity index is 0.000000362. The summed E-state index contributed by atoms with van der Waals surface area (Å²) in [6.45, 7) is 6.52. The average Bonchev–Trinajstić information content (AvgIpc) is 2.40. The first kappa shape index (κ1) is 16.7. The van der Waals surface area contributed by atoms with E-state index in [-0.39, 0.29) is 0 Å². The average molecular weight is 265 g/mol. The van der Waals surface area contributed by atoms with Crippen molar-refractivity contribution in [3.8, 4) is 0 Å². The minimum Gasteiger partial charge on any atom is -0.478 e. The number of hydrogen-bond acceptors (Lipinski definition) is 3. The van der Waals surface area contributed by atoms with Gasteiger partial charge in [0.05, 0.1) is 0 Å². The van der Waals surface area contributed by atoms with Crippen molar-refractivity contribution in [1.29, 1.82) is 0 Å². The fourth-order valence-corrected chi connectivity index (χ4v) is 1.37. The Morgan fingerprint density at radius 3 is 1.74 bits per heavy atom. The zero-order valence-electron chi connectivity index (χ0n) is 11.1. The Morgan fingerprint density at radius 1 is 1.00 bits per heavy atom. The van der Waals surface area contributed by atoms with Crippen LogP contribution in [0.5, 0.6) is 0 Å². The topological polar surface area (TPSA) is 77.8 Å². The molecule has 1 rings (SSSR count). The molecule has 5 nitrogen and oxygen atoms in total. The van der Waals surface area contributed by atoms with Crippen molar-refractivity contribution < 1.29 is 19.8 Å². The number of anilines is 1. The molecular weight excluding hydrogens is 246 g/mol. The van der Waals surface area contributed by atoms with Crippen LogP contribution in [0, 0.1) is 0 Å². The standard InChI is InChI=1S/C10H15N.C4H4O4/c1-3-11(4-2)10-8-6-5-7-9-10;5-3(6)1-2-4(7)8/h5-9H,3-4H2,1-2H3;1-2H,(H,5,6)(H,7,8)/b;2-1+. The SMILES string of the molecule is CCN(CC)c1ccccc1.O=C(O)/C=C/C(=O)O. The predicted molar refractivity (Wildman–Crippen MR) is 74.4 cm³/mol. The quantitative estimate of drug-likeness (QED) is 0.798. The lowest BCUT2D eigenvalue weighted by molar-refractivity contribution is -0.134. The molecule has 0 bridgehead atoms. The van der Waals surface area contributed by atoms with Gasteiger partial charge in [-0.05, 0) is 26.0 Å². The molecule has 104 valence electrons. The van der Waals surface area contributed by atoms with E-state index >= 15 is 0 Å². The number of carbonyl (C=O) groups is 2. The Bertz CT molecular complexity index is 395. The molecule has 19 heavy (non-hydrogen) atoms. The summed E-state index contributed by atoms with van der Waals surface area (Å²) < 4.78 is 0. The second-order valence-corrected chi connectivity index (χ2v) is 3.52. The van der Waals surface area contributed by atoms with Crippen LogP contribution in [0.4, 0.5) is 5.69 Å². The van der Waals surface area contributed by atoms with Gasteiger partial charge in [0.15, 0.2) is 0 Å². The molecule has 0 spiro atoms. The lowest BCUT2D eigenvalue weighted by atomic mass is 10.3. The van der Waals surface area contributed by atoms with E-state index < -0.39 is 11.9 Å². The Hall–Kier alpha value is -2.30. The highest BCUT2D eigenvalue weighted by Gasteiger charge is 1.97. The Kier molecular flexibility index (Phi) is 8.53. The summed E-state index contributed by atoms with van der Waals surface area (Å²) in [6.07, 6.45) is 1.12. The number of carboxylic acid groups (broad SMARTS) is 2. The maximum Gasteiger partial charge on any atom is 0.328 e. The van der Waals surface area contributed by atoms with Gasteiger partial charge >= 0.3 is 11.9 Å². The van der Waals surface area contributed by atoms with Gasteiger partial charge in [-0.3, -0.25) is 0 Å². The van der Waals surface area contributed by atoms with Crippen molar-refractivity contribution in [3.63, 3.8) is 0 Å². The molecule has 0 amide bonds. The van der Waals surface area contributed by atoms with Crippen molar-refractivity contribution >= 4 is 17.6 Å². The summed E-state index contributed by atoms with van der Waals surface area (Å²) in [7, 11) is 0. The maximum absolute atomic E-state index is 9.55. The minimum absolute atomic E-state index is 0.558. The van der Waals surface area contributed by atoms with E-state index in [2.05, 4.69) is 43.0 Å². The molecular formula is C14H19NO4. The first-order valence-electron chi connectivity index (χ1n) is 5.95. The smallest absolute Gasteiger partial charge is 0.328 e. The predicted octanol–water partition coefficient (Wildman–Crippen LogP) is 2.24. The van der Waals surface area contributed by atoms with Gasteiger partial charge in [0.1, 0.15) is 0 Å². The normalized spacial score (nSPS) is 9.58. The van der Waals surface area contributed by atoms with Crippen molar-refractivity contribution in [2.75, 3.05) is 18.0 Å². The number of nitrogens with zero attached hydrogens (tertiary/aromatic N) is 1. The molecule has 0 saturated carbocycles. The van der Waals surface area contributed by atoms with Crippen molar-refractivity contribution in [3.05, 3.63) is 42.5 Å². The van der Waals surface area contributed by atoms with Crippen LogP contribution in [0.3, 0.4) is 0 Å². The number of rotatable bonds is 5. The van der Waals surface area contributed by atoms with Gasteiger partial charge in [-0.15, -0.1) is 0 Å². The van der Waals surface area contributed by atoms with Gasteiger partial charge in [-0.1, -0.05) is 18.2 Å². The van der Waals surface area contributed by atoms with E-state index in [4.69, 9.17) is 10.2 Å². The van der Waals surface area contributed by atoms with Crippen LogP contribution in [0.1, 0.15) is 13.8 Å². The molecule has 0 aromatic heterocycles. The third kappa shape index (κ3) is 8.43. The number of para-hydroxylation sites is 1. The Labute approximate surface area is 112 Å². The van der Waals surface area contributed by atoms with Gasteiger partial charge in [-0.25, -0.2) is 9.59 Å². The summed E-state index contributed by atoms with van der Waals surface area (Å²) in [5, 5.41) is 15.6. The zero-order valence-corrected chi connectivity index (χ0v) is 11.1. The van der Waals surface area contributed by atoms with E-state index in [0.29, 0.717) is 12.2 Å².